The second-order valence-corrected chi connectivity index (χ2v) is 5.65. The van der Waals surface area contributed by atoms with Gasteiger partial charge in [-0.05, 0) is 17.4 Å². The summed E-state index contributed by atoms with van der Waals surface area (Å²) in [7, 11) is 1.69. The molecule has 0 spiro atoms. The van der Waals surface area contributed by atoms with Crippen LogP contribution < -0.4 is 10.8 Å². The third kappa shape index (κ3) is 1.59. The monoisotopic (exact) mass is 272 g/mol. The molecule has 20 heavy (non-hydrogen) atoms. The zero-order chi connectivity index (χ0) is 14.7. The number of carboxylic acids is 1. The van der Waals surface area contributed by atoms with Gasteiger partial charge in [-0.25, -0.2) is 9.97 Å². The van der Waals surface area contributed by atoms with Gasteiger partial charge in [0.05, 0.1) is 17.4 Å². The maximum atomic E-state index is 11.3. The fourth-order valence-corrected chi connectivity index (χ4v) is 2.90. The lowest BCUT2D eigenvalue weighted by molar-refractivity contribution is -0.255. The summed E-state index contributed by atoms with van der Waals surface area (Å²) < 4.78 is 1.52. The Morgan fingerprint density at radius 3 is 2.85 bits per heavy atom. The van der Waals surface area contributed by atoms with E-state index in [0.717, 1.165) is 5.56 Å². The number of carbonyl (C=O) groups is 1. The first-order valence-electron chi connectivity index (χ1n) is 6.22. The molecule has 0 aliphatic heterocycles. The number of anilines is 1. The molecule has 1 aliphatic carbocycles. The number of carbonyl (C=O) groups excluding carboxylic acids is 1. The molecule has 0 radical (unpaired) electrons. The molecule has 1 aliphatic rings. The van der Waals surface area contributed by atoms with E-state index in [0.29, 0.717) is 23.4 Å². The van der Waals surface area contributed by atoms with Crippen LogP contribution in [0.15, 0.2) is 6.20 Å². The van der Waals surface area contributed by atoms with Crippen LogP contribution in [0.1, 0.15) is 35.5 Å². The van der Waals surface area contributed by atoms with Crippen LogP contribution in [0.25, 0.3) is 11.4 Å². The summed E-state index contributed by atoms with van der Waals surface area (Å²) in [6.07, 6.45) is 2.32. The quantitative estimate of drug-likeness (QED) is 0.760. The molecule has 0 unspecified atom stereocenters. The number of hydrogen-bond acceptors (Lipinski definition) is 6. The fourth-order valence-electron chi connectivity index (χ4n) is 2.90. The van der Waals surface area contributed by atoms with Crippen molar-refractivity contribution in [3.63, 3.8) is 0 Å². The minimum absolute atomic E-state index is 0.0321. The van der Waals surface area contributed by atoms with Crippen molar-refractivity contribution >= 4 is 11.9 Å². The average Bonchev–Trinajstić information content (AvgIpc) is 2.70. The van der Waals surface area contributed by atoms with Gasteiger partial charge in [0.25, 0.3) is 0 Å². The lowest BCUT2D eigenvalue weighted by Crippen LogP contribution is -2.31. The number of aryl methyl sites for hydroxylation is 1. The topological polar surface area (TPSA) is 110 Å². The van der Waals surface area contributed by atoms with Crippen molar-refractivity contribution in [3.8, 4) is 11.4 Å². The van der Waals surface area contributed by atoms with E-state index < -0.39 is 5.97 Å². The number of nitrogens with zero attached hydrogens (tertiary/aromatic N) is 4. The highest BCUT2D eigenvalue weighted by Gasteiger charge is 2.38. The molecule has 0 aromatic carbocycles. The molecule has 0 fully saturated rings. The van der Waals surface area contributed by atoms with E-state index in [4.69, 9.17) is 5.73 Å². The highest BCUT2D eigenvalue weighted by atomic mass is 16.4. The molecule has 0 amide bonds. The molecule has 2 aromatic heterocycles. The van der Waals surface area contributed by atoms with Crippen molar-refractivity contribution in [3.05, 3.63) is 23.0 Å². The number of fused-ring (bicyclic) bond motifs is 3. The number of rotatable bonds is 1. The van der Waals surface area contributed by atoms with Crippen molar-refractivity contribution < 1.29 is 9.90 Å². The summed E-state index contributed by atoms with van der Waals surface area (Å²) in [5.74, 6) is -1.12. The minimum atomic E-state index is -1.28. The molecule has 0 bridgehead atoms. The lowest BCUT2D eigenvalue weighted by atomic mass is 9.73. The Kier molecular flexibility index (Phi) is 2.38. The van der Waals surface area contributed by atoms with Crippen molar-refractivity contribution in [2.45, 2.75) is 25.7 Å². The maximum Gasteiger partial charge on any atom is 0.220 e. The van der Waals surface area contributed by atoms with Crippen LogP contribution in [0.4, 0.5) is 5.95 Å². The molecule has 0 saturated carbocycles. The highest BCUT2D eigenvalue weighted by molar-refractivity contribution is 5.89. The van der Waals surface area contributed by atoms with E-state index in [9.17, 15) is 9.90 Å². The largest absolute Gasteiger partial charge is 0.543 e. The second kappa shape index (κ2) is 3.78. The third-order valence-corrected chi connectivity index (χ3v) is 3.66. The second-order valence-electron chi connectivity index (χ2n) is 5.65. The smallest absolute Gasteiger partial charge is 0.220 e. The Bertz CT molecular complexity index is 733. The molecule has 3 rings (SSSR count). The molecular weight excluding hydrogens is 258 g/mol. The molecule has 7 heteroatoms. The molecule has 2 aromatic rings. The normalized spacial score (nSPS) is 15.6. The first kappa shape index (κ1) is 12.6. The number of nitrogens with two attached hydrogens (primary N) is 1. The first-order chi connectivity index (χ1) is 9.31. The summed E-state index contributed by atoms with van der Waals surface area (Å²) in [5.41, 5.74) is 8.12. The molecule has 2 heterocycles. The molecule has 7 nitrogen and oxygen atoms in total. The molecule has 0 saturated heterocycles. The van der Waals surface area contributed by atoms with Crippen LogP contribution >= 0.6 is 0 Å². The number of hydrogen-bond donors (Lipinski definition) is 1. The maximum absolute atomic E-state index is 11.3. The van der Waals surface area contributed by atoms with E-state index in [1.54, 1.807) is 13.2 Å². The number of aromatic carboxylic acids is 1. The van der Waals surface area contributed by atoms with Crippen molar-refractivity contribution in [1.29, 1.82) is 0 Å². The van der Waals surface area contributed by atoms with Gasteiger partial charge >= 0.3 is 0 Å². The predicted octanol–water partition coefficient (Wildman–Crippen LogP) is -0.343. The Labute approximate surface area is 115 Å². The number of nitrogen functional groups attached to an aromatic ring is 1. The standard InChI is InChI=1S/C13H15N5O2/c1-13(2)4-6-5-15-12(14)16-8(6)10-7(13)9(11(19)20)17-18(10)3/h5H,4H2,1-3H3,(H,19,20)(H2,14,15,16)/p-1. The Hall–Kier alpha value is -2.44. The van der Waals surface area contributed by atoms with Gasteiger partial charge in [-0.3, -0.25) is 4.68 Å². The van der Waals surface area contributed by atoms with Gasteiger partial charge in [0, 0.05) is 18.8 Å². The zero-order valence-electron chi connectivity index (χ0n) is 11.5. The van der Waals surface area contributed by atoms with E-state index in [1.165, 1.54) is 4.68 Å². The van der Waals surface area contributed by atoms with Crippen molar-refractivity contribution in [2.75, 3.05) is 5.73 Å². The van der Waals surface area contributed by atoms with Crippen molar-refractivity contribution in [2.24, 2.45) is 7.05 Å². The minimum Gasteiger partial charge on any atom is -0.543 e. The third-order valence-electron chi connectivity index (χ3n) is 3.66. The van der Waals surface area contributed by atoms with Gasteiger partial charge in [0.15, 0.2) is 0 Å². The van der Waals surface area contributed by atoms with Crippen molar-refractivity contribution in [1.82, 2.24) is 19.7 Å². The van der Waals surface area contributed by atoms with Gasteiger partial charge in [-0.1, -0.05) is 13.8 Å². The van der Waals surface area contributed by atoms with E-state index in [-0.39, 0.29) is 17.1 Å². The number of aromatic nitrogens is 4. The molecular formula is C13H14N5O2-. The van der Waals surface area contributed by atoms with E-state index >= 15 is 0 Å². The van der Waals surface area contributed by atoms with Gasteiger partial charge in [0.2, 0.25) is 5.95 Å². The van der Waals surface area contributed by atoms with Crippen LogP contribution in [-0.4, -0.2) is 25.7 Å². The summed E-state index contributed by atoms with van der Waals surface area (Å²) in [6.45, 7) is 3.94. The molecule has 0 atom stereocenters. The van der Waals surface area contributed by atoms with Crippen LogP contribution in [0.2, 0.25) is 0 Å². The summed E-state index contributed by atoms with van der Waals surface area (Å²) in [5, 5.41) is 15.4. The number of carboxylic acid groups (broad SMARTS) is 1. The fraction of sp³-hybridized carbons (Fsp3) is 0.385. The van der Waals surface area contributed by atoms with E-state index in [2.05, 4.69) is 15.1 Å². The Morgan fingerprint density at radius 1 is 1.50 bits per heavy atom. The highest BCUT2D eigenvalue weighted by Crippen LogP contribution is 2.43. The van der Waals surface area contributed by atoms with Crippen LogP contribution in [-0.2, 0) is 18.9 Å². The summed E-state index contributed by atoms with van der Waals surface area (Å²) in [4.78, 5) is 19.6. The average molecular weight is 272 g/mol. The summed E-state index contributed by atoms with van der Waals surface area (Å²) in [6, 6.07) is 0. The molecule has 2 N–H and O–H groups in total. The Balaban J connectivity index is 2.40. The Morgan fingerprint density at radius 2 is 2.20 bits per heavy atom. The van der Waals surface area contributed by atoms with Crippen LogP contribution in [0.3, 0.4) is 0 Å². The van der Waals surface area contributed by atoms with Gasteiger partial charge in [0.1, 0.15) is 5.69 Å². The van der Waals surface area contributed by atoms with Gasteiger partial charge in [-0.2, -0.15) is 5.10 Å². The predicted molar refractivity (Wildman–Crippen MR) is 69.7 cm³/mol. The summed E-state index contributed by atoms with van der Waals surface area (Å²) >= 11 is 0. The zero-order valence-corrected chi connectivity index (χ0v) is 11.5. The molecule has 104 valence electrons. The lowest BCUT2D eigenvalue weighted by Gasteiger charge is -2.31. The van der Waals surface area contributed by atoms with Gasteiger partial charge < -0.3 is 15.6 Å². The SMILES string of the molecule is Cn1nc(C(=O)[O-])c2c1-c1nc(N)ncc1CC2(C)C. The van der Waals surface area contributed by atoms with Crippen LogP contribution in [0, 0.1) is 0 Å². The van der Waals surface area contributed by atoms with Crippen LogP contribution in [0.5, 0.6) is 0 Å². The van der Waals surface area contributed by atoms with E-state index in [1.807, 2.05) is 13.8 Å². The van der Waals surface area contributed by atoms with Gasteiger partial charge in [-0.15, -0.1) is 0 Å². The first-order valence-corrected chi connectivity index (χ1v) is 6.22.